The third-order valence-corrected chi connectivity index (χ3v) is 16.6. The van der Waals surface area contributed by atoms with Gasteiger partial charge in [-0.15, -0.1) is 0 Å². The van der Waals surface area contributed by atoms with Crippen LogP contribution >= 0.6 is 0 Å². The van der Waals surface area contributed by atoms with E-state index in [1.165, 1.54) is 119 Å². The van der Waals surface area contributed by atoms with Crippen LogP contribution in [0.3, 0.4) is 0 Å². The van der Waals surface area contributed by atoms with Crippen molar-refractivity contribution in [1.29, 1.82) is 0 Å². The topological polar surface area (TPSA) is 55.1 Å². The van der Waals surface area contributed by atoms with Gasteiger partial charge in [-0.2, -0.15) is 0 Å². The van der Waals surface area contributed by atoms with Crippen molar-refractivity contribution in [3.05, 3.63) is 35.4 Å². The van der Waals surface area contributed by atoms with Crippen LogP contribution in [0.15, 0.2) is 24.3 Å². The Morgan fingerprint density at radius 1 is 0.743 bits per heavy atom. The Morgan fingerprint density at radius 3 is 1.77 bits per heavy atom. The molecule has 1 unspecified atom stereocenters. The molecule has 1 radical (unpaired) electrons. The van der Waals surface area contributed by atoms with E-state index in [9.17, 15) is 4.79 Å². The molecule has 0 spiro atoms. The van der Waals surface area contributed by atoms with Crippen molar-refractivity contribution in [2.75, 3.05) is 0 Å². The number of carbonyl (C=O) groups is 1. The van der Waals surface area contributed by atoms with E-state index in [2.05, 4.69) is 38.3 Å². The van der Waals surface area contributed by atoms with Crippen LogP contribution in [-0.4, -0.2) is 25.7 Å². The number of hydrogen-bond acceptors (Lipinski definition) is 2. The molecular weight excluding hydrogens is 535 g/mol. The summed E-state index contributed by atoms with van der Waals surface area (Å²) in [6.45, 7) is 6.89. The van der Waals surface area contributed by atoms with E-state index in [1.807, 2.05) is 12.1 Å². The third kappa shape index (κ3) is 15.3. The molecule has 201 valence electrons. The van der Waals surface area contributed by atoms with E-state index in [4.69, 9.17) is 5.84 Å². The van der Waals surface area contributed by atoms with Crippen LogP contribution in [0.5, 0.6) is 0 Å². The Balaban J connectivity index is 2.87. The molecule has 0 bridgehead atoms. The minimum absolute atomic E-state index is 0.129. The van der Waals surface area contributed by atoms with Crippen LogP contribution in [0.25, 0.3) is 0 Å². The fraction of sp³-hybridized carbons (Fsp3) is 0.774. The summed E-state index contributed by atoms with van der Waals surface area (Å²) in [7, 11) is 0. The molecule has 0 aliphatic carbocycles. The van der Waals surface area contributed by atoms with Crippen molar-refractivity contribution >= 4 is 25.7 Å². The van der Waals surface area contributed by atoms with Crippen LogP contribution < -0.4 is 11.3 Å². The summed E-state index contributed by atoms with van der Waals surface area (Å²) in [6.07, 6.45) is 23.2. The van der Waals surface area contributed by atoms with E-state index in [1.54, 1.807) is 8.87 Å². The fourth-order valence-electron chi connectivity index (χ4n) is 5.31. The molecule has 1 rings (SSSR count). The number of amides is 1. The van der Waals surface area contributed by atoms with Gasteiger partial charge >= 0.3 is 226 Å². The summed E-state index contributed by atoms with van der Waals surface area (Å²) >= 11 is -1.54. The molecule has 1 amide bonds. The molecule has 0 heterocycles. The number of unbranched alkanes of at least 4 members (excludes halogenated alkanes) is 13. The van der Waals surface area contributed by atoms with Gasteiger partial charge in [0.25, 0.3) is 0 Å². The summed E-state index contributed by atoms with van der Waals surface area (Å²) in [4.78, 5) is 12.6. The zero-order chi connectivity index (χ0) is 25.6. The third-order valence-electron chi connectivity index (χ3n) is 7.49. The van der Waals surface area contributed by atoms with Gasteiger partial charge in [0.1, 0.15) is 0 Å². The van der Waals surface area contributed by atoms with E-state index in [0.717, 1.165) is 5.56 Å². The van der Waals surface area contributed by atoms with E-state index in [0.29, 0.717) is 5.92 Å². The number of hydrogen-bond donors (Lipinski definition) is 2. The number of carbonyl (C=O) groups excluding carboxylic acids is 1. The number of nitrogens with two attached hydrogens (primary N) is 1. The van der Waals surface area contributed by atoms with Crippen molar-refractivity contribution in [2.45, 2.75) is 149 Å². The molecule has 1 atom stereocenters. The van der Waals surface area contributed by atoms with Crippen LogP contribution in [0.1, 0.15) is 152 Å². The van der Waals surface area contributed by atoms with Crippen molar-refractivity contribution in [1.82, 2.24) is 5.43 Å². The molecule has 0 aromatic heterocycles. The van der Waals surface area contributed by atoms with Gasteiger partial charge in [0.15, 0.2) is 0 Å². The van der Waals surface area contributed by atoms with Crippen LogP contribution in [-0.2, 0) is 0 Å². The Hall–Kier alpha value is -0.551. The maximum atomic E-state index is 12.6. The monoisotopic (exact) mass is 593 g/mol. The molecule has 1 aromatic rings. The Morgan fingerprint density at radius 2 is 1.23 bits per heavy atom. The molecule has 3 N–H and O–H groups in total. The van der Waals surface area contributed by atoms with Gasteiger partial charge in [-0.3, -0.25) is 0 Å². The molecular formula is C31H57N2OSn. The zero-order valence-electron chi connectivity index (χ0n) is 23.5. The average molecular weight is 593 g/mol. The molecule has 4 heteroatoms. The predicted molar refractivity (Wildman–Crippen MR) is 157 cm³/mol. The summed E-state index contributed by atoms with van der Waals surface area (Å²) in [5.41, 5.74) is 4.46. The normalized spacial score (nSPS) is 12.3. The van der Waals surface area contributed by atoms with Gasteiger partial charge in [0.2, 0.25) is 0 Å². The molecule has 3 nitrogen and oxygen atoms in total. The summed E-state index contributed by atoms with van der Waals surface area (Å²) in [5, 5.41) is 0. The second-order valence-electron chi connectivity index (χ2n) is 10.6. The van der Waals surface area contributed by atoms with E-state index >= 15 is 0 Å². The van der Waals surface area contributed by atoms with Crippen LogP contribution in [0.4, 0.5) is 0 Å². The van der Waals surface area contributed by atoms with Gasteiger partial charge in [-0.1, -0.05) is 0 Å². The molecule has 0 fully saturated rings. The molecule has 1 aromatic carbocycles. The number of nitrogen functional groups attached to an aromatic ring is 1. The Kier molecular flexibility index (Phi) is 21.0. The molecule has 35 heavy (non-hydrogen) atoms. The first-order chi connectivity index (χ1) is 17.2. The average Bonchev–Trinajstić information content (AvgIpc) is 2.89. The van der Waals surface area contributed by atoms with Crippen molar-refractivity contribution < 1.29 is 4.79 Å². The molecule has 0 aliphatic rings. The first-order valence-electron chi connectivity index (χ1n) is 15.1. The van der Waals surface area contributed by atoms with Crippen molar-refractivity contribution in [3.63, 3.8) is 0 Å². The second kappa shape index (κ2) is 22.6. The quantitative estimate of drug-likeness (QED) is 0.0437. The Labute approximate surface area is 225 Å². The number of benzene rings is 1. The fourth-order valence-corrected chi connectivity index (χ4v) is 14.7. The summed E-state index contributed by atoms with van der Waals surface area (Å²) < 4.78 is 4.49. The number of rotatable bonds is 23. The Bertz CT molecular complexity index is 620. The summed E-state index contributed by atoms with van der Waals surface area (Å²) in [5.74, 6) is 5.97. The van der Waals surface area contributed by atoms with Crippen molar-refractivity contribution in [2.24, 2.45) is 5.84 Å². The predicted octanol–water partition coefficient (Wildman–Crippen LogP) is 9.56. The van der Waals surface area contributed by atoms with Crippen molar-refractivity contribution in [3.8, 4) is 0 Å². The van der Waals surface area contributed by atoms with Gasteiger partial charge in [0, 0.05) is 0 Å². The first kappa shape index (κ1) is 32.5. The van der Waals surface area contributed by atoms with E-state index < -0.39 is 19.8 Å². The van der Waals surface area contributed by atoms with Crippen LogP contribution in [0, 0.1) is 0 Å². The van der Waals surface area contributed by atoms with Gasteiger partial charge in [-0.25, -0.2) is 0 Å². The first-order valence-corrected chi connectivity index (χ1v) is 21.2. The SMILES string of the molecule is CCCCCCC[CH2][Sn]([CH2]CCCCCCC)[CH2]C(CCCCCC)c1ccccc1C(=O)NN. The van der Waals surface area contributed by atoms with E-state index in [-0.39, 0.29) is 5.91 Å². The molecule has 0 aliphatic heterocycles. The standard InChI is InChI=1S/C15H23N2O.2C8H17.Sn/c1-3-4-5-6-9-12(2)13-10-7-8-11-14(13)15(18)17-16;2*1-3-5-7-8-6-4-2;/h7-8,10-12H,2-6,9,16H2,1H3,(H,17,18);2*1,3-8H2,2H3;. The summed E-state index contributed by atoms with van der Waals surface area (Å²) in [6, 6.07) is 8.28. The van der Waals surface area contributed by atoms with Crippen LogP contribution in [0.2, 0.25) is 13.3 Å². The molecule has 0 saturated heterocycles. The minimum atomic E-state index is -1.54. The number of nitrogens with one attached hydrogen (secondary N) is 1. The number of hydrazine groups is 1. The van der Waals surface area contributed by atoms with Gasteiger partial charge in [0.05, 0.1) is 0 Å². The second-order valence-corrected chi connectivity index (χ2v) is 18.9. The van der Waals surface area contributed by atoms with Gasteiger partial charge in [-0.05, 0) is 0 Å². The maximum absolute atomic E-state index is 12.6. The van der Waals surface area contributed by atoms with Gasteiger partial charge < -0.3 is 0 Å². The zero-order valence-corrected chi connectivity index (χ0v) is 26.4. The molecule has 0 saturated carbocycles.